The predicted octanol–water partition coefficient (Wildman–Crippen LogP) is 7.87. The Bertz CT molecular complexity index is 1550. The number of rotatable bonds is 6. The molecular weight excluding hydrogens is 565 g/mol. The average Bonchev–Trinajstić information content (AvgIpc) is 3.58. The summed E-state index contributed by atoms with van der Waals surface area (Å²) in [6.45, 7) is 3.85. The van der Waals surface area contributed by atoms with Gasteiger partial charge in [-0.1, -0.05) is 25.5 Å². The first kappa shape index (κ1) is 27.4. The summed E-state index contributed by atoms with van der Waals surface area (Å²) in [4.78, 5) is 9.32. The molecule has 0 N–H and O–H groups in total. The van der Waals surface area contributed by atoms with E-state index in [4.69, 9.17) is 9.73 Å². The molecule has 0 amide bonds. The van der Waals surface area contributed by atoms with Crippen LogP contribution in [0.4, 0.5) is 25.1 Å². The van der Waals surface area contributed by atoms with Crippen molar-refractivity contribution in [3.63, 3.8) is 0 Å². The number of amidine groups is 1. The van der Waals surface area contributed by atoms with Crippen LogP contribution in [0.2, 0.25) is 0 Å². The van der Waals surface area contributed by atoms with Gasteiger partial charge in [-0.05, 0) is 86.2 Å². The van der Waals surface area contributed by atoms with Gasteiger partial charge in [0.15, 0.2) is 0 Å². The summed E-state index contributed by atoms with van der Waals surface area (Å²) in [6.07, 6.45) is 9.37. The predicted molar refractivity (Wildman–Crippen MR) is 150 cm³/mol. The van der Waals surface area contributed by atoms with Crippen LogP contribution in [0.25, 0.3) is 11.8 Å². The third kappa shape index (κ3) is 6.14. The van der Waals surface area contributed by atoms with E-state index in [-0.39, 0.29) is 5.41 Å². The molecule has 1 aliphatic carbocycles. The molecule has 41 heavy (non-hydrogen) atoms. The van der Waals surface area contributed by atoms with Crippen molar-refractivity contribution in [2.75, 3.05) is 31.8 Å². The molecule has 1 spiro atoms. The number of nitrogens with zero attached hydrogens (tertiary/aromatic N) is 5. The van der Waals surface area contributed by atoms with Crippen molar-refractivity contribution in [1.29, 1.82) is 0 Å². The van der Waals surface area contributed by atoms with Crippen LogP contribution in [0.3, 0.4) is 0 Å². The Kier molecular flexibility index (Phi) is 5.94. The van der Waals surface area contributed by atoms with Crippen LogP contribution in [0.15, 0.2) is 65.6 Å². The third-order valence-corrected chi connectivity index (χ3v) is 8.08. The molecule has 2 fully saturated rings. The molecule has 0 radical (unpaired) electrons. The Labute approximate surface area is 234 Å². The maximum absolute atomic E-state index is 12.8. The second kappa shape index (κ2) is 8.88. The van der Waals surface area contributed by atoms with Gasteiger partial charge in [0.1, 0.15) is 17.3 Å². The highest BCUT2D eigenvalue weighted by molar-refractivity contribution is 8.42. The Morgan fingerprint density at radius 2 is 1.76 bits per heavy atom. The topological polar surface area (TPSA) is 55.1 Å². The minimum absolute atomic E-state index is 0.0255. The van der Waals surface area contributed by atoms with E-state index in [1.807, 2.05) is 40.9 Å². The molecular formula is C28H30F5N5O2S. The monoisotopic (exact) mass is 595 g/mol. The normalized spacial score (nSPS) is 21.0. The lowest BCUT2D eigenvalue weighted by Gasteiger charge is -2.42. The van der Waals surface area contributed by atoms with Gasteiger partial charge in [0.25, 0.3) is 0 Å². The molecule has 13 heteroatoms. The minimum Gasteiger partial charge on any atom is -0.495 e. The van der Waals surface area contributed by atoms with Crippen molar-refractivity contribution in [3.05, 3.63) is 71.8 Å². The van der Waals surface area contributed by atoms with Crippen molar-refractivity contribution in [2.24, 2.45) is 10.4 Å². The molecule has 3 aromatic rings. The molecule has 2 aromatic carbocycles. The molecule has 0 unspecified atom stereocenters. The fourth-order valence-corrected chi connectivity index (χ4v) is 5.86. The van der Waals surface area contributed by atoms with E-state index in [9.17, 15) is 19.4 Å². The third-order valence-electron chi connectivity index (χ3n) is 7.57. The molecule has 6 rings (SSSR count). The Morgan fingerprint density at radius 1 is 1.00 bits per heavy atom. The second-order valence-corrected chi connectivity index (χ2v) is 12.9. The lowest BCUT2D eigenvalue weighted by atomic mass is 10.0. The molecule has 3 aliphatic rings. The number of aryl methyl sites for hydroxylation is 1. The van der Waals surface area contributed by atoms with E-state index in [0.29, 0.717) is 31.1 Å². The van der Waals surface area contributed by atoms with Gasteiger partial charge in [0.2, 0.25) is 0 Å². The van der Waals surface area contributed by atoms with Crippen molar-refractivity contribution in [1.82, 2.24) is 14.6 Å². The molecule has 0 atom stereocenters. The molecule has 220 valence electrons. The largest absolute Gasteiger partial charge is 0.495 e. The fourth-order valence-electron chi connectivity index (χ4n) is 5.38. The highest BCUT2D eigenvalue weighted by atomic mass is 32.5. The summed E-state index contributed by atoms with van der Waals surface area (Å²) < 4.78 is 75.1. The number of ether oxygens (including phenoxy) is 1. The number of aromatic nitrogens is 2. The molecule has 3 heterocycles. The van der Waals surface area contributed by atoms with Crippen LogP contribution in [0, 0.1) is 12.3 Å². The van der Waals surface area contributed by atoms with Crippen LogP contribution in [-0.4, -0.2) is 47.1 Å². The number of hydrogen-bond donors (Lipinski definition) is 0. The van der Waals surface area contributed by atoms with Gasteiger partial charge in [0.05, 0.1) is 30.5 Å². The number of imidazole rings is 1. The van der Waals surface area contributed by atoms with Gasteiger partial charge in [0, 0.05) is 31.2 Å². The van der Waals surface area contributed by atoms with Gasteiger partial charge < -0.3 is 13.5 Å². The number of fused-ring (bicyclic) bond motifs is 1. The number of methoxy groups -OCH3 is 1. The van der Waals surface area contributed by atoms with Crippen LogP contribution < -0.4 is 13.9 Å². The van der Waals surface area contributed by atoms with Crippen molar-refractivity contribution in [2.45, 2.75) is 32.6 Å². The standard InChI is InChI=1S/C28H30F5N5O2S/c1-20-16-36(19-35-20)25-10-5-21(15-26(25)39-2)14-22-4-3-13-37-27(22)34-17-28(11-12-28)18-38(37)23-6-8-24(9-7-23)40-41(29,30,31,32)33/h5-10,14-16,19H,3-4,11-13,17-18H2,1-2H3/b22-14+. The van der Waals surface area contributed by atoms with Crippen LogP contribution in [-0.2, 0) is 0 Å². The Hall–Kier alpha value is -3.74. The van der Waals surface area contributed by atoms with E-state index in [1.54, 1.807) is 13.4 Å². The molecule has 1 saturated heterocycles. The first-order valence-corrected chi connectivity index (χ1v) is 15.1. The smallest absolute Gasteiger partial charge is 0.435 e. The quantitative estimate of drug-likeness (QED) is 0.272. The Morgan fingerprint density at radius 3 is 2.39 bits per heavy atom. The number of hydrazine groups is 1. The van der Waals surface area contributed by atoms with E-state index >= 15 is 0 Å². The summed E-state index contributed by atoms with van der Waals surface area (Å²) in [5.74, 6) is 0.556. The highest BCUT2D eigenvalue weighted by Crippen LogP contribution is 2.97. The number of hydrogen-bond acceptors (Lipinski definition) is 6. The summed E-state index contributed by atoms with van der Waals surface area (Å²) >= 11 is 0. The first-order chi connectivity index (χ1) is 19.2. The zero-order chi connectivity index (χ0) is 29.1. The summed E-state index contributed by atoms with van der Waals surface area (Å²) in [6, 6.07) is 10.6. The van der Waals surface area contributed by atoms with Crippen LogP contribution in [0.1, 0.15) is 36.9 Å². The lowest BCUT2D eigenvalue weighted by molar-refractivity contribution is 0.243. The van der Waals surface area contributed by atoms with Gasteiger partial charge in [-0.25, -0.2) is 4.98 Å². The fraction of sp³-hybridized carbons (Fsp3) is 0.357. The van der Waals surface area contributed by atoms with Crippen LogP contribution >= 0.6 is 10.5 Å². The number of halogens is 5. The summed E-state index contributed by atoms with van der Waals surface area (Å²) in [5.41, 5.74) is 4.30. The SMILES string of the molecule is COc1cc(/C=C2\CCCN3C2=NCC2(CC2)CN3c2ccc(OS(F)(F)(F)(F)F)cc2)ccc1-n1cnc(C)c1. The molecule has 1 aromatic heterocycles. The van der Waals surface area contributed by atoms with E-state index in [1.165, 1.54) is 12.1 Å². The zero-order valence-electron chi connectivity index (χ0n) is 22.6. The zero-order valence-corrected chi connectivity index (χ0v) is 23.4. The number of anilines is 1. The minimum atomic E-state index is -10.1. The van der Waals surface area contributed by atoms with Gasteiger partial charge in [-0.2, -0.15) is 0 Å². The van der Waals surface area contributed by atoms with E-state index < -0.39 is 16.3 Å². The number of benzene rings is 2. The van der Waals surface area contributed by atoms with Crippen molar-refractivity contribution >= 4 is 28.1 Å². The molecule has 1 saturated carbocycles. The Balaban J connectivity index is 1.31. The van der Waals surface area contributed by atoms with E-state index in [0.717, 1.165) is 66.2 Å². The van der Waals surface area contributed by atoms with Gasteiger partial charge >= 0.3 is 10.5 Å². The maximum atomic E-state index is 12.8. The first-order valence-electron chi connectivity index (χ1n) is 13.2. The van der Waals surface area contributed by atoms with Gasteiger partial charge in [-0.3, -0.25) is 15.0 Å². The second-order valence-electron chi connectivity index (χ2n) is 10.9. The molecule has 2 aliphatic heterocycles. The average molecular weight is 596 g/mol. The number of piperidine rings is 1. The van der Waals surface area contributed by atoms with Crippen molar-refractivity contribution < 1.29 is 28.3 Å². The van der Waals surface area contributed by atoms with Crippen LogP contribution in [0.5, 0.6) is 11.5 Å². The number of aliphatic imine (C=N–C) groups is 1. The maximum Gasteiger partial charge on any atom is 0.435 e. The summed E-state index contributed by atoms with van der Waals surface area (Å²) in [7, 11) is -8.43. The summed E-state index contributed by atoms with van der Waals surface area (Å²) in [5, 5.41) is 4.07. The van der Waals surface area contributed by atoms with Crippen molar-refractivity contribution in [3.8, 4) is 17.2 Å². The lowest BCUT2D eigenvalue weighted by Crippen LogP contribution is -2.50. The molecule has 7 nitrogen and oxygen atoms in total. The highest BCUT2D eigenvalue weighted by Gasteiger charge is 2.67. The molecule has 0 bridgehead atoms. The van der Waals surface area contributed by atoms with Gasteiger partial charge in [-0.15, -0.1) is 0 Å². The van der Waals surface area contributed by atoms with E-state index in [2.05, 4.69) is 20.3 Å².